The Labute approximate surface area is 114 Å². The number of hydrogen-bond acceptors (Lipinski definition) is 3. The normalized spacial score (nSPS) is 22.6. The van der Waals surface area contributed by atoms with Gasteiger partial charge in [-0.15, -0.1) is 0 Å². The lowest BCUT2D eigenvalue weighted by atomic mass is 9.92. The summed E-state index contributed by atoms with van der Waals surface area (Å²) in [6.45, 7) is 3.00. The number of nitrogens with one attached hydrogen (secondary N) is 1. The van der Waals surface area contributed by atoms with E-state index in [1.807, 2.05) is 12.1 Å². The van der Waals surface area contributed by atoms with E-state index >= 15 is 0 Å². The average Bonchev–Trinajstić information content (AvgIpc) is 2.45. The molecule has 4 heteroatoms. The highest BCUT2D eigenvalue weighted by Gasteiger charge is 2.27. The van der Waals surface area contributed by atoms with Gasteiger partial charge in [-0.3, -0.25) is 4.79 Å². The minimum atomic E-state index is 0.0759. The summed E-state index contributed by atoms with van der Waals surface area (Å²) in [5, 5.41) is 12.3. The van der Waals surface area contributed by atoms with Crippen molar-refractivity contribution in [2.75, 3.05) is 18.5 Å². The number of nitriles is 1. The number of benzene rings is 1. The molecule has 2 unspecified atom stereocenters. The predicted octanol–water partition coefficient (Wildman–Crippen LogP) is 1.91. The molecule has 4 nitrogen and oxygen atoms in total. The molecule has 1 aromatic rings. The zero-order chi connectivity index (χ0) is 13.8. The van der Waals surface area contributed by atoms with Crippen LogP contribution in [0.2, 0.25) is 0 Å². The highest BCUT2D eigenvalue weighted by Crippen LogP contribution is 2.22. The van der Waals surface area contributed by atoms with Gasteiger partial charge in [0, 0.05) is 24.7 Å². The van der Waals surface area contributed by atoms with Crippen molar-refractivity contribution >= 4 is 11.6 Å². The second kappa shape index (κ2) is 5.85. The van der Waals surface area contributed by atoms with Crippen LogP contribution in [0.4, 0.5) is 5.69 Å². The number of hydrogen-bond donors (Lipinski definition) is 1. The maximum Gasteiger partial charge on any atom is 0.229 e. The molecule has 1 aliphatic rings. The third-order valence-corrected chi connectivity index (χ3v) is 3.67. The van der Waals surface area contributed by atoms with Crippen LogP contribution < -0.4 is 10.2 Å². The van der Waals surface area contributed by atoms with E-state index < -0.39 is 0 Å². The zero-order valence-corrected chi connectivity index (χ0v) is 11.4. The summed E-state index contributed by atoms with van der Waals surface area (Å²) in [5.74, 6) is 0.218. The molecular weight excluding hydrogens is 238 g/mol. The molecule has 0 aliphatic carbocycles. The summed E-state index contributed by atoms with van der Waals surface area (Å²) < 4.78 is 0. The Hall–Kier alpha value is -1.86. The smallest absolute Gasteiger partial charge is 0.229 e. The zero-order valence-electron chi connectivity index (χ0n) is 11.4. The van der Waals surface area contributed by atoms with Crippen LogP contribution >= 0.6 is 0 Å². The van der Waals surface area contributed by atoms with E-state index in [1.54, 1.807) is 24.1 Å². The molecule has 2 atom stereocenters. The minimum Gasteiger partial charge on any atom is -0.315 e. The molecule has 100 valence electrons. The second-order valence-corrected chi connectivity index (χ2v) is 5.14. The van der Waals surface area contributed by atoms with Gasteiger partial charge in [0.25, 0.3) is 0 Å². The van der Waals surface area contributed by atoms with Crippen molar-refractivity contribution in [2.24, 2.45) is 5.92 Å². The molecule has 2 rings (SSSR count). The van der Waals surface area contributed by atoms with Crippen molar-refractivity contribution in [3.05, 3.63) is 29.8 Å². The molecule has 0 radical (unpaired) electrons. The lowest BCUT2D eigenvalue weighted by Crippen LogP contribution is -2.43. The Balaban J connectivity index is 2.12. The van der Waals surface area contributed by atoms with E-state index in [4.69, 9.17) is 5.26 Å². The number of piperidine rings is 1. The van der Waals surface area contributed by atoms with E-state index in [1.165, 1.54) is 0 Å². The van der Waals surface area contributed by atoms with E-state index in [0.29, 0.717) is 11.6 Å². The number of amides is 1. The van der Waals surface area contributed by atoms with Gasteiger partial charge in [0.1, 0.15) is 0 Å². The number of rotatable bonds is 2. The summed E-state index contributed by atoms with van der Waals surface area (Å²) in [4.78, 5) is 14.1. The summed E-state index contributed by atoms with van der Waals surface area (Å²) in [7, 11) is 1.78. The van der Waals surface area contributed by atoms with Gasteiger partial charge >= 0.3 is 0 Å². The monoisotopic (exact) mass is 257 g/mol. The van der Waals surface area contributed by atoms with Gasteiger partial charge in [-0.05, 0) is 44.5 Å². The fourth-order valence-electron chi connectivity index (χ4n) is 2.54. The highest BCUT2D eigenvalue weighted by molar-refractivity contribution is 5.94. The second-order valence-electron chi connectivity index (χ2n) is 5.14. The number of anilines is 1. The first-order chi connectivity index (χ1) is 9.11. The summed E-state index contributed by atoms with van der Waals surface area (Å²) in [6, 6.07) is 9.66. The van der Waals surface area contributed by atoms with Crippen LogP contribution in [0.5, 0.6) is 0 Å². The van der Waals surface area contributed by atoms with Gasteiger partial charge in [0.05, 0.1) is 11.6 Å². The number of carbonyl (C=O) groups is 1. The van der Waals surface area contributed by atoms with E-state index in [2.05, 4.69) is 18.3 Å². The van der Waals surface area contributed by atoms with Crippen molar-refractivity contribution in [1.29, 1.82) is 5.26 Å². The topological polar surface area (TPSA) is 56.1 Å². The quantitative estimate of drug-likeness (QED) is 0.880. The Morgan fingerprint density at radius 2 is 2.32 bits per heavy atom. The summed E-state index contributed by atoms with van der Waals surface area (Å²) >= 11 is 0. The fraction of sp³-hybridized carbons (Fsp3) is 0.467. The van der Waals surface area contributed by atoms with E-state index in [0.717, 1.165) is 25.1 Å². The van der Waals surface area contributed by atoms with Gasteiger partial charge in [-0.1, -0.05) is 6.07 Å². The Bertz CT molecular complexity index is 506. The Morgan fingerprint density at radius 3 is 3.00 bits per heavy atom. The molecule has 1 saturated heterocycles. The van der Waals surface area contributed by atoms with Gasteiger partial charge in [0.15, 0.2) is 0 Å². The predicted molar refractivity (Wildman–Crippen MR) is 74.8 cm³/mol. The first kappa shape index (κ1) is 13.6. The molecule has 0 aromatic heterocycles. The van der Waals surface area contributed by atoms with Crippen LogP contribution in [0.15, 0.2) is 24.3 Å². The maximum atomic E-state index is 12.5. The molecule has 0 bridgehead atoms. The van der Waals surface area contributed by atoms with Crippen LogP contribution in [0, 0.1) is 17.2 Å². The molecule has 1 amide bonds. The maximum absolute atomic E-state index is 12.5. The van der Waals surface area contributed by atoms with Gasteiger partial charge in [-0.2, -0.15) is 5.26 Å². The Morgan fingerprint density at radius 1 is 1.53 bits per heavy atom. The van der Waals surface area contributed by atoms with Crippen LogP contribution in [0.25, 0.3) is 0 Å². The SMILES string of the molecule is CC1CC(C(=O)N(C)c2cccc(C#N)c2)CCN1. The van der Waals surface area contributed by atoms with Crippen molar-refractivity contribution in [2.45, 2.75) is 25.8 Å². The van der Waals surface area contributed by atoms with Gasteiger partial charge in [0.2, 0.25) is 5.91 Å². The average molecular weight is 257 g/mol. The lowest BCUT2D eigenvalue weighted by Gasteiger charge is -2.30. The van der Waals surface area contributed by atoms with Crippen LogP contribution in [0.1, 0.15) is 25.3 Å². The molecule has 0 saturated carbocycles. The van der Waals surface area contributed by atoms with Crippen LogP contribution in [-0.4, -0.2) is 25.5 Å². The minimum absolute atomic E-state index is 0.0759. The highest BCUT2D eigenvalue weighted by atomic mass is 16.2. The molecule has 1 fully saturated rings. The van der Waals surface area contributed by atoms with Gasteiger partial charge in [-0.25, -0.2) is 0 Å². The van der Waals surface area contributed by atoms with Gasteiger partial charge < -0.3 is 10.2 Å². The van der Waals surface area contributed by atoms with Crippen molar-refractivity contribution in [3.8, 4) is 6.07 Å². The molecular formula is C15H19N3O. The largest absolute Gasteiger partial charge is 0.315 e. The van der Waals surface area contributed by atoms with Crippen LogP contribution in [-0.2, 0) is 4.79 Å². The fourth-order valence-corrected chi connectivity index (χ4v) is 2.54. The first-order valence-corrected chi connectivity index (χ1v) is 6.63. The summed E-state index contributed by atoms with van der Waals surface area (Å²) in [5.41, 5.74) is 1.37. The summed E-state index contributed by atoms with van der Waals surface area (Å²) in [6.07, 6.45) is 1.76. The van der Waals surface area contributed by atoms with Crippen molar-refractivity contribution in [3.63, 3.8) is 0 Å². The van der Waals surface area contributed by atoms with Crippen molar-refractivity contribution < 1.29 is 4.79 Å². The third kappa shape index (κ3) is 3.12. The first-order valence-electron chi connectivity index (χ1n) is 6.63. The lowest BCUT2D eigenvalue weighted by molar-refractivity contribution is -0.123. The number of nitrogens with zero attached hydrogens (tertiary/aromatic N) is 2. The van der Waals surface area contributed by atoms with E-state index in [-0.39, 0.29) is 11.8 Å². The molecule has 0 spiro atoms. The molecule has 1 aliphatic heterocycles. The van der Waals surface area contributed by atoms with E-state index in [9.17, 15) is 4.79 Å². The molecule has 19 heavy (non-hydrogen) atoms. The van der Waals surface area contributed by atoms with Crippen LogP contribution in [0.3, 0.4) is 0 Å². The Kier molecular flexibility index (Phi) is 4.18. The number of carbonyl (C=O) groups excluding carboxylic acids is 1. The molecule has 1 heterocycles. The standard InChI is InChI=1S/C15H19N3O/c1-11-8-13(6-7-17-11)15(19)18(2)14-5-3-4-12(9-14)10-16/h3-5,9,11,13,17H,6-8H2,1-2H3. The molecule has 1 N–H and O–H groups in total. The van der Waals surface area contributed by atoms with Crippen molar-refractivity contribution in [1.82, 2.24) is 5.32 Å². The third-order valence-electron chi connectivity index (χ3n) is 3.67. The molecule has 1 aromatic carbocycles.